The molecule has 1 aromatic heterocycles. The molecule has 154 valence electrons. The lowest BCUT2D eigenvalue weighted by molar-refractivity contribution is 0.0520. The van der Waals surface area contributed by atoms with Crippen LogP contribution in [-0.4, -0.2) is 34.7 Å². The van der Waals surface area contributed by atoms with Crippen molar-refractivity contribution in [3.8, 4) is 5.75 Å². The van der Waals surface area contributed by atoms with Gasteiger partial charge in [0.15, 0.2) is 0 Å². The minimum absolute atomic E-state index is 0.113. The first kappa shape index (κ1) is 20.6. The Morgan fingerprint density at radius 1 is 0.967 bits per heavy atom. The van der Waals surface area contributed by atoms with E-state index in [1.807, 2.05) is 0 Å². The number of ether oxygens (including phenoxy) is 2. The summed E-state index contributed by atoms with van der Waals surface area (Å²) in [5, 5.41) is 18.7. The van der Waals surface area contributed by atoms with Crippen molar-refractivity contribution < 1.29 is 38.5 Å². The van der Waals surface area contributed by atoms with Crippen molar-refractivity contribution in [3.63, 3.8) is 0 Å². The van der Waals surface area contributed by atoms with Crippen molar-refractivity contribution in [2.45, 2.75) is 13.5 Å². The van der Waals surface area contributed by atoms with Gasteiger partial charge in [-0.1, -0.05) is 0 Å². The molecule has 9 nitrogen and oxygen atoms in total. The molecule has 0 aliphatic rings. The first-order valence-electron chi connectivity index (χ1n) is 8.77. The Morgan fingerprint density at radius 2 is 1.63 bits per heavy atom. The van der Waals surface area contributed by atoms with E-state index in [9.17, 15) is 19.2 Å². The first-order valence-corrected chi connectivity index (χ1v) is 8.77. The Labute approximate surface area is 169 Å². The molecule has 30 heavy (non-hydrogen) atoms. The maximum absolute atomic E-state index is 12.0. The predicted molar refractivity (Wildman–Crippen MR) is 103 cm³/mol. The number of hydrogen-bond acceptors (Lipinski definition) is 7. The maximum Gasteiger partial charge on any atom is 0.351 e. The van der Waals surface area contributed by atoms with Crippen LogP contribution in [0.5, 0.6) is 5.75 Å². The fourth-order valence-corrected chi connectivity index (χ4v) is 2.72. The van der Waals surface area contributed by atoms with Gasteiger partial charge in [0, 0.05) is 11.5 Å². The number of carboxylic acid groups (broad SMARTS) is 2. The third-order valence-electron chi connectivity index (χ3n) is 4.09. The summed E-state index contributed by atoms with van der Waals surface area (Å²) < 4.78 is 15.6. The van der Waals surface area contributed by atoms with Crippen LogP contribution < -0.4 is 10.4 Å². The zero-order valence-electron chi connectivity index (χ0n) is 15.7. The monoisotopic (exact) mass is 412 g/mol. The van der Waals surface area contributed by atoms with Gasteiger partial charge in [-0.3, -0.25) is 0 Å². The molecule has 3 aromatic rings. The number of carbonyl (C=O) groups excluding carboxylic acids is 1. The standard InChI is InChI=1S/C21H16O9/c1-2-28-20(26)16-8-12-3-4-15(9-17(12)30-21(16)27)29-10-11-5-13(18(22)23)7-14(6-11)19(24)25/h3-9H,2,10H2,1H3,(H,22,23)(H,24,25). The van der Waals surface area contributed by atoms with Crippen molar-refractivity contribution in [1.82, 2.24) is 0 Å². The molecule has 2 aromatic carbocycles. The molecule has 0 unspecified atom stereocenters. The van der Waals surface area contributed by atoms with Crippen molar-refractivity contribution in [1.29, 1.82) is 0 Å². The summed E-state index contributed by atoms with van der Waals surface area (Å²) >= 11 is 0. The third-order valence-corrected chi connectivity index (χ3v) is 4.09. The van der Waals surface area contributed by atoms with Crippen LogP contribution in [0.15, 0.2) is 51.7 Å². The van der Waals surface area contributed by atoms with Gasteiger partial charge in [0.25, 0.3) is 0 Å². The summed E-state index contributed by atoms with van der Waals surface area (Å²) in [5.74, 6) is -3.00. The summed E-state index contributed by atoms with van der Waals surface area (Å²) in [4.78, 5) is 46.2. The third kappa shape index (κ3) is 4.46. The van der Waals surface area contributed by atoms with Gasteiger partial charge in [0.05, 0.1) is 17.7 Å². The van der Waals surface area contributed by atoms with E-state index in [0.29, 0.717) is 16.7 Å². The van der Waals surface area contributed by atoms with Gasteiger partial charge in [-0.25, -0.2) is 19.2 Å². The maximum atomic E-state index is 12.0. The van der Waals surface area contributed by atoms with Crippen molar-refractivity contribution in [3.05, 3.63) is 75.1 Å². The summed E-state index contributed by atoms with van der Waals surface area (Å²) in [5.41, 5.74) is -0.903. The van der Waals surface area contributed by atoms with Gasteiger partial charge >= 0.3 is 23.5 Å². The van der Waals surface area contributed by atoms with Crippen LogP contribution in [0.1, 0.15) is 43.6 Å². The average molecular weight is 412 g/mol. The van der Waals surface area contributed by atoms with Crippen molar-refractivity contribution in [2.75, 3.05) is 6.61 Å². The fourth-order valence-electron chi connectivity index (χ4n) is 2.72. The molecule has 0 bridgehead atoms. The van der Waals surface area contributed by atoms with Crippen LogP contribution in [0.25, 0.3) is 11.0 Å². The molecule has 0 amide bonds. The predicted octanol–water partition coefficient (Wildman–Crippen LogP) is 2.95. The van der Waals surface area contributed by atoms with E-state index in [0.717, 1.165) is 6.07 Å². The van der Waals surface area contributed by atoms with E-state index in [-0.39, 0.29) is 35.5 Å². The van der Waals surface area contributed by atoms with Gasteiger partial charge in [-0.05, 0) is 48.9 Å². The van der Waals surface area contributed by atoms with Gasteiger partial charge in [-0.15, -0.1) is 0 Å². The summed E-state index contributed by atoms with van der Waals surface area (Å²) in [6.45, 7) is 1.63. The first-order chi connectivity index (χ1) is 14.3. The van der Waals surface area contributed by atoms with Crippen LogP contribution in [0.3, 0.4) is 0 Å². The molecule has 9 heteroatoms. The van der Waals surface area contributed by atoms with E-state index in [2.05, 4.69) is 0 Å². The number of hydrogen-bond donors (Lipinski definition) is 2. The Balaban J connectivity index is 1.86. The molecule has 0 saturated carbocycles. The Morgan fingerprint density at radius 3 is 2.23 bits per heavy atom. The van der Waals surface area contributed by atoms with Gasteiger partial charge < -0.3 is 24.1 Å². The number of fused-ring (bicyclic) bond motifs is 1. The zero-order valence-corrected chi connectivity index (χ0v) is 15.7. The molecule has 0 aliphatic carbocycles. The molecule has 0 radical (unpaired) electrons. The minimum Gasteiger partial charge on any atom is -0.489 e. The second-order valence-electron chi connectivity index (χ2n) is 6.19. The van der Waals surface area contributed by atoms with Crippen molar-refractivity contribution in [2.24, 2.45) is 0 Å². The van der Waals surface area contributed by atoms with Crippen LogP contribution >= 0.6 is 0 Å². The van der Waals surface area contributed by atoms with Crippen LogP contribution in [-0.2, 0) is 11.3 Å². The van der Waals surface area contributed by atoms with E-state index in [1.54, 1.807) is 19.1 Å². The topological polar surface area (TPSA) is 140 Å². The Kier molecular flexibility index (Phi) is 5.82. The van der Waals surface area contributed by atoms with Gasteiger partial charge in [-0.2, -0.15) is 0 Å². The highest BCUT2D eigenvalue weighted by Gasteiger charge is 2.15. The largest absolute Gasteiger partial charge is 0.489 e. The SMILES string of the molecule is CCOC(=O)c1cc2ccc(OCc3cc(C(=O)O)cc(C(=O)O)c3)cc2oc1=O. The number of rotatable bonds is 7. The van der Waals surface area contributed by atoms with Crippen LogP contribution in [0.2, 0.25) is 0 Å². The summed E-state index contributed by atoms with van der Waals surface area (Å²) in [6.07, 6.45) is 0. The number of esters is 1. The van der Waals surface area contributed by atoms with Crippen LogP contribution in [0, 0.1) is 0 Å². The molecular formula is C21H16O9. The van der Waals surface area contributed by atoms with Crippen molar-refractivity contribution >= 4 is 28.9 Å². The van der Waals surface area contributed by atoms with Gasteiger partial charge in [0.2, 0.25) is 0 Å². The number of carbonyl (C=O) groups is 3. The summed E-state index contributed by atoms with van der Waals surface area (Å²) in [6, 6.07) is 9.61. The second-order valence-corrected chi connectivity index (χ2v) is 6.19. The lowest BCUT2D eigenvalue weighted by atomic mass is 10.1. The smallest absolute Gasteiger partial charge is 0.351 e. The number of carboxylic acids is 2. The van der Waals surface area contributed by atoms with E-state index in [4.69, 9.17) is 24.1 Å². The molecule has 0 atom stereocenters. The second kappa shape index (κ2) is 8.48. The number of benzene rings is 2. The average Bonchev–Trinajstić information content (AvgIpc) is 2.71. The van der Waals surface area contributed by atoms with Crippen LogP contribution in [0.4, 0.5) is 0 Å². The minimum atomic E-state index is -1.26. The fraction of sp³-hybridized carbons (Fsp3) is 0.143. The Bertz CT molecular complexity index is 1170. The zero-order chi connectivity index (χ0) is 21.8. The molecule has 0 saturated heterocycles. The lowest BCUT2D eigenvalue weighted by Gasteiger charge is -2.09. The van der Waals surface area contributed by atoms with E-state index < -0.39 is 23.5 Å². The van der Waals surface area contributed by atoms with Gasteiger partial charge in [0.1, 0.15) is 23.5 Å². The lowest BCUT2D eigenvalue weighted by Crippen LogP contribution is -2.16. The molecule has 0 fully saturated rings. The summed E-state index contributed by atoms with van der Waals surface area (Å²) in [7, 11) is 0. The van der Waals surface area contributed by atoms with E-state index in [1.165, 1.54) is 24.3 Å². The molecule has 1 heterocycles. The highest BCUT2D eigenvalue weighted by atomic mass is 16.5. The molecule has 0 aliphatic heterocycles. The normalized spacial score (nSPS) is 10.6. The Hall–Kier alpha value is -4.14. The molecule has 0 spiro atoms. The highest BCUT2D eigenvalue weighted by molar-refractivity contribution is 5.94. The molecule has 2 N–H and O–H groups in total. The quantitative estimate of drug-likeness (QED) is 0.442. The number of aromatic carboxylic acids is 2. The highest BCUT2D eigenvalue weighted by Crippen LogP contribution is 2.22. The molecular weight excluding hydrogens is 396 g/mol. The van der Waals surface area contributed by atoms with E-state index >= 15 is 0 Å². The molecule has 3 rings (SSSR count).